The number of fused-ring (bicyclic) bond motifs is 2. The Morgan fingerprint density at radius 1 is 0.778 bits per heavy atom. The van der Waals surface area contributed by atoms with Gasteiger partial charge in [-0.25, -0.2) is 0 Å². The lowest BCUT2D eigenvalue weighted by Crippen LogP contribution is -1.78. The van der Waals surface area contributed by atoms with E-state index in [2.05, 4.69) is 42.5 Å². The zero-order chi connectivity index (χ0) is 12.4. The molecular weight excluding hydrogens is 218 g/mol. The van der Waals surface area contributed by atoms with Crippen LogP contribution in [0.2, 0.25) is 0 Å². The number of benzene rings is 3. The molecule has 0 radical (unpaired) electrons. The molecule has 0 unspecified atom stereocenters. The molecule has 1 heteroatoms. The van der Waals surface area contributed by atoms with Crippen LogP contribution >= 0.6 is 0 Å². The molecule has 0 spiro atoms. The third kappa shape index (κ3) is 1.85. The van der Waals surface area contributed by atoms with E-state index in [1.54, 1.807) is 0 Å². The van der Waals surface area contributed by atoms with Gasteiger partial charge in [-0.2, -0.15) is 5.26 Å². The highest BCUT2D eigenvalue weighted by Crippen LogP contribution is 2.24. The number of rotatable bonds is 1. The van der Waals surface area contributed by atoms with Crippen LogP contribution in [0.25, 0.3) is 27.6 Å². The second-order valence-corrected chi connectivity index (χ2v) is 4.27. The fourth-order valence-corrected chi connectivity index (χ4v) is 2.20. The first kappa shape index (κ1) is 10.6. The Morgan fingerprint density at radius 2 is 1.44 bits per heavy atom. The maximum absolute atomic E-state index is 8.55. The number of nitrogens with zero attached hydrogens (tertiary/aromatic N) is 1. The summed E-state index contributed by atoms with van der Waals surface area (Å²) in [4.78, 5) is 0. The topological polar surface area (TPSA) is 23.8 Å². The Bertz CT molecular complexity index is 791. The number of hydrogen-bond donors (Lipinski definition) is 0. The summed E-state index contributed by atoms with van der Waals surface area (Å²) in [7, 11) is 0. The first-order chi connectivity index (χ1) is 8.86. The predicted molar refractivity (Wildman–Crippen MR) is 76.1 cm³/mol. The van der Waals surface area contributed by atoms with Gasteiger partial charge >= 0.3 is 0 Å². The van der Waals surface area contributed by atoms with E-state index in [0.29, 0.717) is 0 Å². The van der Waals surface area contributed by atoms with Gasteiger partial charge in [0.05, 0.1) is 6.07 Å². The molecule has 0 heterocycles. The SMILES string of the molecule is N#C/C=C/c1ccc2cc3ccccc3cc2c1. The van der Waals surface area contributed by atoms with E-state index in [4.69, 9.17) is 5.26 Å². The van der Waals surface area contributed by atoms with Crippen LogP contribution in [0.4, 0.5) is 0 Å². The van der Waals surface area contributed by atoms with Crippen LogP contribution in [0.1, 0.15) is 5.56 Å². The van der Waals surface area contributed by atoms with Crippen molar-refractivity contribution in [2.75, 3.05) is 0 Å². The second-order valence-electron chi connectivity index (χ2n) is 4.27. The van der Waals surface area contributed by atoms with Gasteiger partial charge in [0.15, 0.2) is 0 Å². The zero-order valence-electron chi connectivity index (χ0n) is 9.80. The fourth-order valence-electron chi connectivity index (χ4n) is 2.20. The molecule has 3 aromatic carbocycles. The summed E-state index contributed by atoms with van der Waals surface area (Å²) in [5.74, 6) is 0. The predicted octanol–water partition coefficient (Wildman–Crippen LogP) is 4.53. The lowest BCUT2D eigenvalue weighted by Gasteiger charge is -2.03. The van der Waals surface area contributed by atoms with E-state index in [0.717, 1.165) is 5.56 Å². The summed E-state index contributed by atoms with van der Waals surface area (Å²) in [5.41, 5.74) is 1.05. The van der Waals surface area contributed by atoms with Crippen molar-refractivity contribution in [2.24, 2.45) is 0 Å². The van der Waals surface area contributed by atoms with Crippen LogP contribution in [0.3, 0.4) is 0 Å². The Balaban J connectivity index is 2.24. The Morgan fingerprint density at radius 3 is 2.17 bits per heavy atom. The van der Waals surface area contributed by atoms with Gasteiger partial charge in [0.25, 0.3) is 0 Å². The minimum Gasteiger partial charge on any atom is -0.193 e. The van der Waals surface area contributed by atoms with Gasteiger partial charge in [-0.1, -0.05) is 36.4 Å². The van der Waals surface area contributed by atoms with Gasteiger partial charge in [-0.05, 0) is 51.4 Å². The van der Waals surface area contributed by atoms with Crippen LogP contribution in [-0.2, 0) is 0 Å². The van der Waals surface area contributed by atoms with Crippen molar-refractivity contribution in [3.8, 4) is 6.07 Å². The molecule has 0 aliphatic carbocycles. The van der Waals surface area contributed by atoms with Gasteiger partial charge in [0.1, 0.15) is 0 Å². The van der Waals surface area contributed by atoms with E-state index in [-0.39, 0.29) is 0 Å². The highest BCUT2D eigenvalue weighted by molar-refractivity contribution is 5.98. The van der Waals surface area contributed by atoms with Crippen LogP contribution in [0, 0.1) is 11.3 Å². The first-order valence-electron chi connectivity index (χ1n) is 5.85. The molecule has 0 atom stereocenters. The smallest absolute Gasteiger partial charge is 0.0912 e. The van der Waals surface area contributed by atoms with Crippen molar-refractivity contribution in [3.63, 3.8) is 0 Å². The summed E-state index contributed by atoms with van der Waals surface area (Å²) in [6.45, 7) is 0. The molecule has 0 saturated heterocycles. The van der Waals surface area contributed by atoms with Gasteiger partial charge < -0.3 is 0 Å². The molecule has 0 aliphatic rings. The van der Waals surface area contributed by atoms with Gasteiger partial charge in [0, 0.05) is 6.08 Å². The normalized spacial score (nSPS) is 11.1. The van der Waals surface area contributed by atoms with E-state index in [1.165, 1.54) is 27.6 Å². The molecule has 3 aromatic rings. The molecule has 0 aliphatic heterocycles. The maximum atomic E-state index is 8.55. The summed E-state index contributed by atoms with van der Waals surface area (Å²) < 4.78 is 0. The van der Waals surface area contributed by atoms with E-state index >= 15 is 0 Å². The lowest BCUT2D eigenvalue weighted by molar-refractivity contribution is 1.54. The molecule has 3 rings (SSSR count). The largest absolute Gasteiger partial charge is 0.193 e. The van der Waals surface area contributed by atoms with Crippen molar-refractivity contribution in [1.82, 2.24) is 0 Å². The van der Waals surface area contributed by atoms with E-state index in [9.17, 15) is 0 Å². The standard InChI is InChI=1S/C17H11N/c18-9-3-4-13-7-8-16-11-14-5-1-2-6-15(14)12-17(16)10-13/h1-8,10-12H/b4-3+. The van der Waals surface area contributed by atoms with Crippen molar-refractivity contribution >= 4 is 27.6 Å². The Labute approximate surface area is 106 Å². The van der Waals surface area contributed by atoms with E-state index < -0.39 is 0 Å². The highest BCUT2D eigenvalue weighted by Gasteiger charge is 1.98. The van der Waals surface area contributed by atoms with Gasteiger partial charge in [0.2, 0.25) is 0 Å². The molecule has 18 heavy (non-hydrogen) atoms. The average molecular weight is 229 g/mol. The monoisotopic (exact) mass is 229 g/mol. The fraction of sp³-hybridized carbons (Fsp3) is 0. The lowest BCUT2D eigenvalue weighted by atomic mass is 10.0. The number of hydrogen-bond acceptors (Lipinski definition) is 1. The van der Waals surface area contributed by atoms with Crippen LogP contribution in [-0.4, -0.2) is 0 Å². The molecule has 0 bridgehead atoms. The Hall–Kier alpha value is -2.59. The third-order valence-corrected chi connectivity index (χ3v) is 3.08. The Kier molecular flexibility index (Phi) is 2.55. The van der Waals surface area contributed by atoms with Crippen molar-refractivity contribution < 1.29 is 0 Å². The highest BCUT2D eigenvalue weighted by atomic mass is 14.2. The van der Waals surface area contributed by atoms with E-state index in [1.807, 2.05) is 24.3 Å². The molecular formula is C17H11N. The van der Waals surface area contributed by atoms with Gasteiger partial charge in [-0.3, -0.25) is 0 Å². The number of nitriles is 1. The quantitative estimate of drug-likeness (QED) is 0.444. The van der Waals surface area contributed by atoms with Crippen molar-refractivity contribution in [2.45, 2.75) is 0 Å². The van der Waals surface area contributed by atoms with Crippen LogP contribution in [0.5, 0.6) is 0 Å². The summed E-state index contributed by atoms with van der Waals surface area (Å²) in [6, 6.07) is 21.0. The molecule has 0 N–H and O–H groups in total. The van der Waals surface area contributed by atoms with Gasteiger partial charge in [-0.15, -0.1) is 0 Å². The summed E-state index contributed by atoms with van der Waals surface area (Å²) >= 11 is 0. The van der Waals surface area contributed by atoms with Crippen LogP contribution < -0.4 is 0 Å². The molecule has 0 amide bonds. The molecule has 84 valence electrons. The summed E-state index contributed by atoms with van der Waals surface area (Å²) in [5, 5.41) is 13.5. The molecule has 0 saturated carbocycles. The minimum atomic E-state index is 1.05. The number of allylic oxidation sites excluding steroid dienone is 1. The van der Waals surface area contributed by atoms with Crippen molar-refractivity contribution in [3.05, 3.63) is 66.2 Å². The minimum absolute atomic E-state index is 1.05. The first-order valence-corrected chi connectivity index (χ1v) is 5.85. The maximum Gasteiger partial charge on any atom is 0.0912 e. The molecule has 0 aromatic heterocycles. The molecule has 1 nitrogen and oxygen atoms in total. The molecule has 0 fully saturated rings. The zero-order valence-corrected chi connectivity index (χ0v) is 9.80. The average Bonchev–Trinajstić information content (AvgIpc) is 2.42. The second kappa shape index (κ2) is 4.35. The van der Waals surface area contributed by atoms with Crippen LogP contribution in [0.15, 0.2) is 60.7 Å². The third-order valence-electron chi connectivity index (χ3n) is 3.08. The van der Waals surface area contributed by atoms with Crippen molar-refractivity contribution in [1.29, 1.82) is 5.26 Å². The summed E-state index contributed by atoms with van der Waals surface area (Å²) in [6.07, 6.45) is 3.33.